The summed E-state index contributed by atoms with van der Waals surface area (Å²) in [5.41, 5.74) is 1.85. The molecule has 7 nitrogen and oxygen atoms in total. The Morgan fingerprint density at radius 3 is 2.76 bits per heavy atom. The highest BCUT2D eigenvalue weighted by atomic mass is 16.5. The first-order valence-electron chi connectivity index (χ1n) is 11.4. The number of aromatic nitrogens is 1. The van der Waals surface area contributed by atoms with Gasteiger partial charge >= 0.3 is 0 Å². The van der Waals surface area contributed by atoms with Crippen molar-refractivity contribution in [1.82, 2.24) is 14.8 Å². The Labute approximate surface area is 193 Å². The third-order valence-electron chi connectivity index (χ3n) is 6.28. The maximum absolute atomic E-state index is 12.9. The number of pyridine rings is 1. The van der Waals surface area contributed by atoms with E-state index in [1.54, 1.807) is 11.6 Å². The number of likely N-dealkylation sites (N-methyl/N-ethyl adjacent to an activating group) is 1. The minimum atomic E-state index is -0.270. The van der Waals surface area contributed by atoms with Gasteiger partial charge in [-0.25, -0.2) is 0 Å². The number of hydrogen-bond donors (Lipinski definition) is 1. The Morgan fingerprint density at radius 2 is 1.94 bits per heavy atom. The third kappa shape index (κ3) is 5.61. The van der Waals surface area contributed by atoms with Gasteiger partial charge in [0.15, 0.2) is 0 Å². The zero-order valence-corrected chi connectivity index (χ0v) is 19.3. The number of hydrogen-bond acceptors (Lipinski definition) is 5. The van der Waals surface area contributed by atoms with Crippen LogP contribution in [-0.2, 0) is 18.3 Å². The van der Waals surface area contributed by atoms with Crippen molar-refractivity contribution in [3.63, 3.8) is 0 Å². The highest BCUT2D eigenvalue weighted by Crippen LogP contribution is 2.18. The van der Waals surface area contributed by atoms with E-state index in [0.717, 1.165) is 54.8 Å². The van der Waals surface area contributed by atoms with E-state index in [9.17, 15) is 9.59 Å². The molecule has 0 bridgehead atoms. The molecule has 1 N–H and O–H groups in total. The Balaban J connectivity index is 1.34. The number of nitrogens with one attached hydrogen (secondary N) is 1. The van der Waals surface area contributed by atoms with Crippen LogP contribution in [0.5, 0.6) is 5.75 Å². The number of benzene rings is 2. The summed E-state index contributed by atoms with van der Waals surface area (Å²) in [6.45, 7) is 3.46. The second-order valence-corrected chi connectivity index (χ2v) is 8.48. The van der Waals surface area contributed by atoms with Gasteiger partial charge in [0.25, 0.3) is 11.5 Å². The van der Waals surface area contributed by atoms with Gasteiger partial charge in [-0.15, -0.1) is 0 Å². The second kappa shape index (κ2) is 10.6. The molecular formula is C26H31N3O4. The first kappa shape index (κ1) is 23.0. The highest BCUT2D eigenvalue weighted by molar-refractivity contribution is 6.06. The molecule has 1 aliphatic heterocycles. The van der Waals surface area contributed by atoms with Gasteiger partial charge in [0.1, 0.15) is 12.4 Å². The monoisotopic (exact) mass is 449 g/mol. The average molecular weight is 450 g/mol. The molecule has 0 atom stereocenters. The van der Waals surface area contributed by atoms with E-state index in [2.05, 4.69) is 17.3 Å². The van der Waals surface area contributed by atoms with Crippen LogP contribution in [-0.4, -0.2) is 54.8 Å². The maximum atomic E-state index is 12.9. The molecule has 174 valence electrons. The zero-order chi connectivity index (χ0) is 23.2. The molecular weight excluding hydrogens is 418 g/mol. The van der Waals surface area contributed by atoms with Crippen molar-refractivity contribution in [3.8, 4) is 5.75 Å². The van der Waals surface area contributed by atoms with E-state index in [-0.39, 0.29) is 11.5 Å². The summed E-state index contributed by atoms with van der Waals surface area (Å²) in [6.07, 6.45) is 2.13. The molecule has 1 aromatic heterocycles. The Morgan fingerprint density at radius 1 is 1.15 bits per heavy atom. The van der Waals surface area contributed by atoms with Crippen LogP contribution in [0.15, 0.2) is 59.4 Å². The van der Waals surface area contributed by atoms with Gasteiger partial charge in [-0.1, -0.05) is 30.3 Å². The standard InChI is InChI=1S/C26H31N3O4/c1-28(20-10-13-32-14-11-20)12-15-33-21-7-5-6-19(16-21)18-27-26(31)23-17-25(30)29(2)24-9-4-3-8-22(23)24/h3-9,16-17,20H,10-15,18H2,1-2H3,(H,27,31). The van der Waals surface area contributed by atoms with Crippen LogP contribution < -0.4 is 15.6 Å². The second-order valence-electron chi connectivity index (χ2n) is 8.48. The van der Waals surface area contributed by atoms with Crippen molar-refractivity contribution >= 4 is 16.8 Å². The molecule has 0 aliphatic carbocycles. The maximum Gasteiger partial charge on any atom is 0.252 e. The molecule has 1 fully saturated rings. The fourth-order valence-corrected chi connectivity index (χ4v) is 4.24. The Hall–Kier alpha value is -3.16. The number of rotatable bonds is 8. The SMILES string of the molecule is CN(CCOc1cccc(CNC(=O)c2cc(=O)n(C)c3ccccc23)c1)C1CCOCC1. The molecule has 0 unspecified atom stereocenters. The molecule has 2 heterocycles. The quantitative estimate of drug-likeness (QED) is 0.573. The van der Waals surface area contributed by atoms with Crippen LogP contribution in [0.2, 0.25) is 0 Å². The molecule has 33 heavy (non-hydrogen) atoms. The van der Waals surface area contributed by atoms with Gasteiger partial charge < -0.3 is 19.4 Å². The molecule has 0 saturated carbocycles. The summed E-state index contributed by atoms with van der Waals surface area (Å²) >= 11 is 0. The van der Waals surface area contributed by atoms with Crippen LogP contribution >= 0.6 is 0 Å². The molecule has 7 heteroatoms. The van der Waals surface area contributed by atoms with E-state index >= 15 is 0 Å². The average Bonchev–Trinajstić information content (AvgIpc) is 2.85. The summed E-state index contributed by atoms with van der Waals surface area (Å²) in [4.78, 5) is 27.5. The van der Waals surface area contributed by atoms with E-state index in [1.165, 1.54) is 6.07 Å². The molecule has 2 aromatic carbocycles. The van der Waals surface area contributed by atoms with Gasteiger partial charge in [0.2, 0.25) is 0 Å². The van der Waals surface area contributed by atoms with Crippen LogP contribution in [0.4, 0.5) is 0 Å². The zero-order valence-electron chi connectivity index (χ0n) is 19.3. The summed E-state index contributed by atoms with van der Waals surface area (Å²) in [6, 6.07) is 17.1. The number of ether oxygens (including phenoxy) is 2. The summed E-state index contributed by atoms with van der Waals surface area (Å²) in [5.74, 6) is 0.509. The van der Waals surface area contributed by atoms with Crippen molar-refractivity contribution < 1.29 is 14.3 Å². The smallest absolute Gasteiger partial charge is 0.252 e. The molecule has 0 spiro atoms. The normalized spacial score (nSPS) is 14.5. The van der Waals surface area contributed by atoms with E-state index in [4.69, 9.17) is 9.47 Å². The summed E-state index contributed by atoms with van der Waals surface area (Å²) in [5, 5.41) is 3.69. The minimum absolute atomic E-state index is 0.208. The number of fused-ring (bicyclic) bond motifs is 1. The number of para-hydroxylation sites is 1. The first-order valence-corrected chi connectivity index (χ1v) is 11.4. The number of amides is 1. The molecule has 4 rings (SSSR count). The first-order chi connectivity index (χ1) is 16.0. The molecule has 1 amide bonds. The Bertz CT molecular complexity index is 1170. The summed E-state index contributed by atoms with van der Waals surface area (Å²) < 4.78 is 12.9. The van der Waals surface area contributed by atoms with Crippen LogP contribution in [0.1, 0.15) is 28.8 Å². The lowest BCUT2D eigenvalue weighted by Crippen LogP contribution is -2.38. The van der Waals surface area contributed by atoms with E-state index < -0.39 is 0 Å². The van der Waals surface area contributed by atoms with Gasteiger partial charge in [-0.05, 0) is 43.7 Å². The van der Waals surface area contributed by atoms with Crippen molar-refractivity contribution in [2.75, 3.05) is 33.4 Å². The lowest BCUT2D eigenvalue weighted by atomic mass is 10.1. The fraction of sp³-hybridized carbons (Fsp3) is 0.385. The molecule has 1 aliphatic rings. The molecule has 0 radical (unpaired) electrons. The summed E-state index contributed by atoms with van der Waals surface area (Å²) in [7, 11) is 3.84. The largest absolute Gasteiger partial charge is 0.492 e. The van der Waals surface area contributed by atoms with Gasteiger partial charge in [-0.2, -0.15) is 0 Å². The molecule has 3 aromatic rings. The van der Waals surface area contributed by atoms with E-state index in [0.29, 0.717) is 24.8 Å². The van der Waals surface area contributed by atoms with Crippen LogP contribution in [0, 0.1) is 0 Å². The number of carbonyl (C=O) groups is 1. The fourth-order valence-electron chi connectivity index (χ4n) is 4.24. The number of carbonyl (C=O) groups excluding carboxylic acids is 1. The highest BCUT2D eigenvalue weighted by Gasteiger charge is 2.18. The molecule has 1 saturated heterocycles. The predicted molar refractivity (Wildman–Crippen MR) is 129 cm³/mol. The lowest BCUT2D eigenvalue weighted by Gasteiger charge is -2.31. The van der Waals surface area contributed by atoms with Crippen LogP contribution in [0.3, 0.4) is 0 Å². The van der Waals surface area contributed by atoms with Crippen molar-refractivity contribution in [1.29, 1.82) is 0 Å². The number of nitrogens with zero attached hydrogens (tertiary/aromatic N) is 2. The van der Waals surface area contributed by atoms with Crippen LogP contribution in [0.25, 0.3) is 10.9 Å². The van der Waals surface area contributed by atoms with Crippen molar-refractivity contribution in [2.24, 2.45) is 7.05 Å². The van der Waals surface area contributed by atoms with Gasteiger partial charge in [0.05, 0.1) is 11.1 Å². The van der Waals surface area contributed by atoms with Gasteiger partial charge in [0, 0.05) is 50.8 Å². The number of aryl methyl sites for hydroxylation is 1. The Kier molecular flexibility index (Phi) is 7.42. The van der Waals surface area contributed by atoms with Crippen molar-refractivity contribution in [2.45, 2.75) is 25.4 Å². The minimum Gasteiger partial charge on any atom is -0.492 e. The lowest BCUT2D eigenvalue weighted by molar-refractivity contribution is 0.0392. The third-order valence-corrected chi connectivity index (χ3v) is 6.28. The van der Waals surface area contributed by atoms with E-state index in [1.807, 2.05) is 48.5 Å². The van der Waals surface area contributed by atoms with Crippen molar-refractivity contribution in [3.05, 3.63) is 76.1 Å². The van der Waals surface area contributed by atoms with Gasteiger partial charge in [-0.3, -0.25) is 14.5 Å². The topological polar surface area (TPSA) is 72.8 Å². The predicted octanol–water partition coefficient (Wildman–Crippen LogP) is 2.96.